The molecule has 0 bridgehead atoms. The second-order valence-corrected chi connectivity index (χ2v) is 4.70. The first-order valence-electron chi connectivity index (χ1n) is 6.52. The standard InChI is InChI=1S/C12H19N5O5/c1-6(10(19)17-9(4-18)12(21)22)16-11(20)8(13)2-7-3-14-5-15-7/h3,5-6,8-9,18H,2,4,13H2,1H3,(H,14,15)(H,16,20)(H,17,19)(H,21,22). The highest BCUT2D eigenvalue weighted by Gasteiger charge is 2.24. The van der Waals surface area contributed by atoms with E-state index in [9.17, 15) is 14.4 Å². The molecule has 0 spiro atoms. The van der Waals surface area contributed by atoms with Crippen molar-refractivity contribution < 1.29 is 24.6 Å². The van der Waals surface area contributed by atoms with Crippen LogP contribution in [0.25, 0.3) is 0 Å². The average Bonchev–Trinajstić information content (AvgIpc) is 2.96. The minimum absolute atomic E-state index is 0.217. The Kier molecular flexibility index (Phi) is 6.47. The molecule has 2 amide bonds. The van der Waals surface area contributed by atoms with Gasteiger partial charge in [0.15, 0.2) is 0 Å². The molecule has 1 aromatic rings. The van der Waals surface area contributed by atoms with Gasteiger partial charge >= 0.3 is 5.97 Å². The maximum Gasteiger partial charge on any atom is 0.328 e. The van der Waals surface area contributed by atoms with Gasteiger partial charge < -0.3 is 31.6 Å². The lowest BCUT2D eigenvalue weighted by Crippen LogP contribution is -2.54. The Labute approximate surface area is 126 Å². The van der Waals surface area contributed by atoms with E-state index in [4.69, 9.17) is 15.9 Å². The number of nitrogens with one attached hydrogen (secondary N) is 3. The van der Waals surface area contributed by atoms with E-state index in [0.717, 1.165) is 0 Å². The fourth-order valence-corrected chi connectivity index (χ4v) is 1.59. The second kappa shape index (κ2) is 8.10. The Morgan fingerprint density at radius 3 is 2.55 bits per heavy atom. The smallest absolute Gasteiger partial charge is 0.328 e. The maximum absolute atomic E-state index is 11.9. The molecule has 7 N–H and O–H groups in total. The first-order valence-corrected chi connectivity index (χ1v) is 6.52. The number of carbonyl (C=O) groups is 3. The van der Waals surface area contributed by atoms with Crippen LogP contribution < -0.4 is 16.4 Å². The number of carboxylic acids is 1. The lowest BCUT2D eigenvalue weighted by Gasteiger charge is -2.19. The molecule has 10 heteroatoms. The number of hydrogen-bond acceptors (Lipinski definition) is 6. The van der Waals surface area contributed by atoms with Crippen LogP contribution in [-0.4, -0.2) is 62.7 Å². The highest BCUT2D eigenvalue weighted by molar-refractivity contribution is 5.91. The van der Waals surface area contributed by atoms with Crippen LogP contribution >= 0.6 is 0 Å². The molecular weight excluding hydrogens is 294 g/mol. The van der Waals surface area contributed by atoms with Crippen LogP contribution in [0.5, 0.6) is 0 Å². The molecular formula is C12H19N5O5. The van der Waals surface area contributed by atoms with Crippen molar-refractivity contribution in [3.05, 3.63) is 18.2 Å². The molecule has 0 saturated heterocycles. The molecule has 3 atom stereocenters. The van der Waals surface area contributed by atoms with E-state index in [1.165, 1.54) is 19.4 Å². The van der Waals surface area contributed by atoms with Gasteiger partial charge in [0.05, 0.1) is 19.0 Å². The van der Waals surface area contributed by atoms with Gasteiger partial charge in [-0.3, -0.25) is 9.59 Å². The summed E-state index contributed by atoms with van der Waals surface area (Å²) < 4.78 is 0. The quantitative estimate of drug-likeness (QED) is 0.304. The number of H-pyrrole nitrogens is 1. The molecule has 0 fully saturated rings. The predicted octanol–water partition coefficient (Wildman–Crippen LogP) is -2.65. The van der Waals surface area contributed by atoms with Crippen LogP contribution in [0.1, 0.15) is 12.6 Å². The summed E-state index contributed by atoms with van der Waals surface area (Å²) in [6, 6.07) is -3.30. The number of aromatic amines is 1. The first kappa shape index (κ1) is 17.6. The number of carboxylic acid groups (broad SMARTS) is 1. The summed E-state index contributed by atoms with van der Waals surface area (Å²) in [5.74, 6) is -2.66. The van der Waals surface area contributed by atoms with Gasteiger partial charge in [-0.15, -0.1) is 0 Å². The molecule has 0 saturated carbocycles. The van der Waals surface area contributed by atoms with Crippen molar-refractivity contribution in [3.63, 3.8) is 0 Å². The number of rotatable bonds is 8. The lowest BCUT2D eigenvalue weighted by molar-refractivity contribution is -0.143. The number of nitrogens with zero attached hydrogens (tertiary/aromatic N) is 1. The predicted molar refractivity (Wildman–Crippen MR) is 74.5 cm³/mol. The van der Waals surface area contributed by atoms with E-state index < -0.39 is 42.5 Å². The molecule has 1 aromatic heterocycles. The Balaban J connectivity index is 2.48. The summed E-state index contributed by atoms with van der Waals surface area (Å²) >= 11 is 0. The lowest BCUT2D eigenvalue weighted by atomic mass is 10.1. The van der Waals surface area contributed by atoms with E-state index in [2.05, 4.69) is 20.6 Å². The van der Waals surface area contributed by atoms with E-state index in [1.54, 1.807) is 0 Å². The monoisotopic (exact) mass is 313 g/mol. The van der Waals surface area contributed by atoms with Crippen molar-refractivity contribution in [3.8, 4) is 0 Å². The van der Waals surface area contributed by atoms with Crippen LogP contribution in [0.4, 0.5) is 0 Å². The number of aliphatic hydroxyl groups is 1. The number of aliphatic carboxylic acids is 1. The molecule has 10 nitrogen and oxygen atoms in total. The van der Waals surface area contributed by atoms with E-state index in [0.29, 0.717) is 5.69 Å². The topological polar surface area (TPSA) is 170 Å². The second-order valence-electron chi connectivity index (χ2n) is 4.70. The van der Waals surface area contributed by atoms with Crippen molar-refractivity contribution >= 4 is 17.8 Å². The highest BCUT2D eigenvalue weighted by atomic mass is 16.4. The number of carbonyl (C=O) groups excluding carboxylic acids is 2. The molecule has 122 valence electrons. The fourth-order valence-electron chi connectivity index (χ4n) is 1.59. The van der Waals surface area contributed by atoms with Crippen molar-refractivity contribution in [1.29, 1.82) is 0 Å². The van der Waals surface area contributed by atoms with Crippen molar-refractivity contribution in [2.24, 2.45) is 5.73 Å². The number of imidazole rings is 1. The zero-order valence-electron chi connectivity index (χ0n) is 11.9. The summed E-state index contributed by atoms with van der Waals surface area (Å²) in [4.78, 5) is 40.9. The Bertz CT molecular complexity index is 518. The molecule has 1 heterocycles. The summed E-state index contributed by atoms with van der Waals surface area (Å²) in [6.45, 7) is 0.632. The number of aromatic nitrogens is 2. The van der Waals surface area contributed by atoms with Crippen LogP contribution in [0.15, 0.2) is 12.5 Å². The van der Waals surface area contributed by atoms with Gasteiger partial charge in [0.2, 0.25) is 11.8 Å². The number of aliphatic hydroxyl groups excluding tert-OH is 1. The van der Waals surface area contributed by atoms with Gasteiger partial charge in [-0.05, 0) is 6.92 Å². The van der Waals surface area contributed by atoms with Gasteiger partial charge in [0.1, 0.15) is 12.1 Å². The molecule has 22 heavy (non-hydrogen) atoms. The SMILES string of the molecule is CC(NC(=O)C(N)Cc1cnc[nH]1)C(=O)NC(CO)C(=O)O. The minimum atomic E-state index is -1.43. The third-order valence-corrected chi connectivity index (χ3v) is 2.88. The highest BCUT2D eigenvalue weighted by Crippen LogP contribution is 1.97. The minimum Gasteiger partial charge on any atom is -0.480 e. The van der Waals surface area contributed by atoms with Crippen LogP contribution in [0.3, 0.4) is 0 Å². The first-order chi connectivity index (χ1) is 10.3. The average molecular weight is 313 g/mol. The Hall–Kier alpha value is -2.46. The summed E-state index contributed by atoms with van der Waals surface area (Å²) in [6.07, 6.45) is 3.20. The molecule has 0 radical (unpaired) electrons. The molecule has 0 aromatic carbocycles. The van der Waals surface area contributed by atoms with E-state index >= 15 is 0 Å². The van der Waals surface area contributed by atoms with E-state index in [-0.39, 0.29) is 6.42 Å². The van der Waals surface area contributed by atoms with Gasteiger partial charge in [-0.25, -0.2) is 9.78 Å². The van der Waals surface area contributed by atoms with Gasteiger partial charge in [-0.2, -0.15) is 0 Å². The summed E-state index contributed by atoms with van der Waals surface area (Å²) in [7, 11) is 0. The van der Waals surface area contributed by atoms with Crippen LogP contribution in [-0.2, 0) is 20.8 Å². The molecule has 0 aliphatic heterocycles. The zero-order chi connectivity index (χ0) is 16.7. The molecule has 3 unspecified atom stereocenters. The Morgan fingerprint density at radius 2 is 2.05 bits per heavy atom. The third kappa shape index (κ3) is 5.14. The summed E-state index contributed by atoms with van der Waals surface area (Å²) in [5.41, 5.74) is 6.38. The number of hydrogen-bond donors (Lipinski definition) is 6. The Morgan fingerprint density at radius 1 is 1.36 bits per heavy atom. The maximum atomic E-state index is 11.9. The van der Waals surface area contributed by atoms with Gasteiger partial charge in [0, 0.05) is 18.3 Å². The van der Waals surface area contributed by atoms with E-state index in [1.807, 2.05) is 0 Å². The molecule has 1 rings (SSSR count). The third-order valence-electron chi connectivity index (χ3n) is 2.88. The molecule has 0 aliphatic carbocycles. The zero-order valence-corrected chi connectivity index (χ0v) is 11.9. The van der Waals surface area contributed by atoms with Crippen LogP contribution in [0.2, 0.25) is 0 Å². The number of nitrogens with two attached hydrogens (primary N) is 1. The van der Waals surface area contributed by atoms with Crippen molar-refractivity contribution in [1.82, 2.24) is 20.6 Å². The molecule has 0 aliphatic rings. The van der Waals surface area contributed by atoms with Gasteiger partial charge in [-0.1, -0.05) is 0 Å². The summed E-state index contributed by atoms with van der Waals surface area (Å²) in [5, 5.41) is 22.0. The largest absolute Gasteiger partial charge is 0.480 e. The normalized spacial score (nSPS) is 14.7. The van der Waals surface area contributed by atoms with Crippen molar-refractivity contribution in [2.45, 2.75) is 31.5 Å². The van der Waals surface area contributed by atoms with Crippen LogP contribution in [0, 0.1) is 0 Å². The number of amides is 2. The van der Waals surface area contributed by atoms with Gasteiger partial charge in [0.25, 0.3) is 0 Å². The fraction of sp³-hybridized carbons (Fsp3) is 0.500. The van der Waals surface area contributed by atoms with Crippen molar-refractivity contribution in [2.75, 3.05) is 6.61 Å².